The highest BCUT2D eigenvalue weighted by Gasteiger charge is 2.11. The van der Waals surface area contributed by atoms with Gasteiger partial charge in [-0.25, -0.2) is 0 Å². The van der Waals surface area contributed by atoms with Gasteiger partial charge in [0.1, 0.15) is 5.69 Å². The van der Waals surface area contributed by atoms with E-state index in [0.29, 0.717) is 0 Å². The van der Waals surface area contributed by atoms with Gasteiger partial charge in [0, 0.05) is 14.5 Å². The van der Waals surface area contributed by atoms with E-state index in [-0.39, 0.29) is 11.4 Å². The number of nitro benzene ring substituents is 1. The van der Waals surface area contributed by atoms with Crippen molar-refractivity contribution in [2.75, 3.05) is 0 Å². The first-order valence-electron chi connectivity index (χ1n) is 3.14. The third-order valence-electron chi connectivity index (χ3n) is 1.29. The van der Waals surface area contributed by atoms with E-state index in [1.54, 1.807) is 6.07 Å². The van der Waals surface area contributed by atoms with E-state index in [0.717, 1.165) is 3.57 Å². The molecule has 0 radical (unpaired) electrons. The van der Waals surface area contributed by atoms with Crippen LogP contribution in [-0.4, -0.2) is 4.92 Å². The molecule has 0 aliphatic heterocycles. The van der Waals surface area contributed by atoms with Gasteiger partial charge in [-0.15, -0.1) is 0 Å². The fourth-order valence-electron chi connectivity index (χ4n) is 0.776. The van der Waals surface area contributed by atoms with Crippen LogP contribution in [0.2, 0.25) is 0 Å². The summed E-state index contributed by atoms with van der Waals surface area (Å²) in [5, 5.41) is 13.7. The topological polar surface area (TPSA) is 91.9 Å². The van der Waals surface area contributed by atoms with Crippen LogP contribution in [0, 0.1) is 13.7 Å². The molecule has 0 aliphatic rings. The number of benzene rings is 1. The van der Waals surface area contributed by atoms with Gasteiger partial charge >= 0.3 is 0 Å². The molecule has 0 spiro atoms. The molecule has 1 aromatic carbocycles. The number of nitrogens with zero attached hydrogens (tertiary/aromatic N) is 4. The summed E-state index contributed by atoms with van der Waals surface area (Å²) in [5.41, 5.74) is 7.99. The predicted octanol–water partition coefficient (Wildman–Crippen LogP) is 3.14. The molecule has 1 rings (SSSR count). The van der Waals surface area contributed by atoms with Gasteiger partial charge in [-0.1, -0.05) is 5.11 Å². The minimum absolute atomic E-state index is 0.0351. The Kier molecular flexibility index (Phi) is 3.04. The van der Waals surface area contributed by atoms with E-state index in [2.05, 4.69) is 10.0 Å². The summed E-state index contributed by atoms with van der Waals surface area (Å²) in [6.45, 7) is 0. The maximum absolute atomic E-state index is 10.5. The molecule has 0 aliphatic carbocycles. The van der Waals surface area contributed by atoms with Gasteiger partial charge in [0.15, 0.2) is 0 Å². The molecule has 0 N–H and O–H groups in total. The Bertz CT molecular complexity index is 400. The number of halogens is 1. The molecule has 1 aromatic rings. The van der Waals surface area contributed by atoms with E-state index in [4.69, 9.17) is 5.53 Å². The Morgan fingerprint density at radius 3 is 2.85 bits per heavy atom. The molecule has 0 amide bonds. The van der Waals surface area contributed by atoms with Gasteiger partial charge in [0.25, 0.3) is 5.69 Å². The van der Waals surface area contributed by atoms with E-state index < -0.39 is 4.92 Å². The zero-order valence-corrected chi connectivity index (χ0v) is 8.37. The number of azide groups is 1. The van der Waals surface area contributed by atoms with Gasteiger partial charge in [-0.2, -0.15) is 0 Å². The van der Waals surface area contributed by atoms with Crippen molar-refractivity contribution < 1.29 is 4.92 Å². The quantitative estimate of drug-likeness (QED) is 0.209. The van der Waals surface area contributed by atoms with Crippen molar-refractivity contribution >= 4 is 34.0 Å². The SMILES string of the molecule is [N-]=[N+]=Nc1ccc(I)cc1[N+](=O)[O-]. The molecular formula is C6H3IN4O2. The lowest BCUT2D eigenvalue weighted by Gasteiger charge is -1.95. The molecule has 0 saturated carbocycles. The average Bonchev–Trinajstić information content (AvgIpc) is 2.08. The lowest BCUT2D eigenvalue weighted by molar-refractivity contribution is -0.384. The van der Waals surface area contributed by atoms with Crippen LogP contribution >= 0.6 is 22.6 Å². The van der Waals surface area contributed by atoms with Crippen molar-refractivity contribution in [3.8, 4) is 0 Å². The van der Waals surface area contributed by atoms with Crippen molar-refractivity contribution in [3.63, 3.8) is 0 Å². The summed E-state index contributed by atoms with van der Waals surface area (Å²) in [6.07, 6.45) is 0. The molecule has 0 atom stereocenters. The van der Waals surface area contributed by atoms with Crippen molar-refractivity contribution in [2.24, 2.45) is 5.11 Å². The number of rotatable bonds is 2. The molecule has 13 heavy (non-hydrogen) atoms. The fourth-order valence-corrected chi connectivity index (χ4v) is 1.25. The second-order valence-electron chi connectivity index (χ2n) is 2.08. The highest BCUT2D eigenvalue weighted by molar-refractivity contribution is 14.1. The molecular weight excluding hydrogens is 287 g/mol. The minimum atomic E-state index is -0.577. The number of hydrogen-bond acceptors (Lipinski definition) is 3. The lowest BCUT2D eigenvalue weighted by atomic mass is 10.3. The van der Waals surface area contributed by atoms with Crippen molar-refractivity contribution in [1.82, 2.24) is 0 Å². The van der Waals surface area contributed by atoms with E-state index in [1.165, 1.54) is 12.1 Å². The van der Waals surface area contributed by atoms with E-state index in [9.17, 15) is 10.1 Å². The van der Waals surface area contributed by atoms with Crippen LogP contribution in [0.25, 0.3) is 10.4 Å². The molecule has 0 unspecified atom stereocenters. The fraction of sp³-hybridized carbons (Fsp3) is 0. The zero-order chi connectivity index (χ0) is 9.84. The standard InChI is InChI=1S/C6H3IN4O2/c7-4-1-2-5(9-10-8)6(3-4)11(12)13/h1-3H. The number of nitro groups is 1. The third-order valence-corrected chi connectivity index (χ3v) is 1.96. The van der Waals surface area contributed by atoms with Gasteiger partial charge in [0.05, 0.1) is 4.92 Å². The maximum atomic E-state index is 10.5. The van der Waals surface area contributed by atoms with Crippen LogP contribution in [-0.2, 0) is 0 Å². The summed E-state index contributed by atoms with van der Waals surface area (Å²) in [6, 6.07) is 4.40. The molecule has 0 saturated heterocycles. The Morgan fingerprint density at radius 2 is 2.31 bits per heavy atom. The van der Waals surface area contributed by atoms with Gasteiger partial charge in [-0.3, -0.25) is 10.1 Å². The molecule has 6 nitrogen and oxygen atoms in total. The minimum Gasteiger partial charge on any atom is -0.258 e. The monoisotopic (exact) mass is 290 g/mol. The third kappa shape index (κ3) is 2.30. The normalized spacial score (nSPS) is 9.00. The Morgan fingerprint density at radius 1 is 1.62 bits per heavy atom. The highest BCUT2D eigenvalue weighted by atomic mass is 127. The summed E-state index contributed by atoms with van der Waals surface area (Å²) in [4.78, 5) is 12.4. The van der Waals surface area contributed by atoms with Gasteiger partial charge < -0.3 is 0 Å². The van der Waals surface area contributed by atoms with E-state index >= 15 is 0 Å². The van der Waals surface area contributed by atoms with E-state index in [1.807, 2.05) is 22.6 Å². The Labute approximate surface area is 86.5 Å². The molecule has 66 valence electrons. The van der Waals surface area contributed by atoms with Crippen LogP contribution in [0.4, 0.5) is 11.4 Å². The first kappa shape index (κ1) is 9.75. The van der Waals surface area contributed by atoms with Crippen LogP contribution in [0.15, 0.2) is 23.3 Å². The van der Waals surface area contributed by atoms with Gasteiger partial charge in [0.2, 0.25) is 0 Å². The molecule has 0 aromatic heterocycles. The Hall–Kier alpha value is -1.34. The molecule has 7 heteroatoms. The summed E-state index contributed by atoms with van der Waals surface area (Å²) in [7, 11) is 0. The first-order valence-corrected chi connectivity index (χ1v) is 4.22. The van der Waals surface area contributed by atoms with Crippen LogP contribution < -0.4 is 0 Å². The zero-order valence-electron chi connectivity index (χ0n) is 6.22. The van der Waals surface area contributed by atoms with Gasteiger partial charge in [-0.05, 0) is 40.3 Å². The van der Waals surface area contributed by atoms with Crippen molar-refractivity contribution in [2.45, 2.75) is 0 Å². The van der Waals surface area contributed by atoms with Crippen LogP contribution in [0.1, 0.15) is 0 Å². The highest BCUT2D eigenvalue weighted by Crippen LogP contribution is 2.28. The van der Waals surface area contributed by atoms with Crippen LogP contribution in [0.5, 0.6) is 0 Å². The second-order valence-corrected chi connectivity index (χ2v) is 3.33. The maximum Gasteiger partial charge on any atom is 0.280 e. The smallest absolute Gasteiger partial charge is 0.258 e. The van der Waals surface area contributed by atoms with Crippen LogP contribution in [0.3, 0.4) is 0 Å². The summed E-state index contributed by atoms with van der Waals surface area (Å²) < 4.78 is 0.723. The summed E-state index contributed by atoms with van der Waals surface area (Å²) in [5.74, 6) is 0. The summed E-state index contributed by atoms with van der Waals surface area (Å²) >= 11 is 1.94. The lowest BCUT2D eigenvalue weighted by Crippen LogP contribution is -1.88. The van der Waals surface area contributed by atoms with Crippen molar-refractivity contribution in [3.05, 3.63) is 42.3 Å². The molecule has 0 bridgehead atoms. The predicted molar refractivity (Wildman–Crippen MR) is 54.6 cm³/mol. The average molecular weight is 290 g/mol. The van der Waals surface area contributed by atoms with Crippen molar-refractivity contribution in [1.29, 1.82) is 0 Å². The number of hydrogen-bond donors (Lipinski definition) is 0. The molecule has 0 heterocycles. The largest absolute Gasteiger partial charge is 0.280 e. The first-order chi connectivity index (χ1) is 6.15. The Balaban J connectivity index is 3.34. The molecule has 0 fully saturated rings. The second kappa shape index (κ2) is 4.06.